The van der Waals surface area contributed by atoms with Crippen LogP contribution < -0.4 is 0 Å². The predicted octanol–water partition coefficient (Wildman–Crippen LogP) is 4.84. The molecule has 0 N–H and O–H groups in total. The monoisotopic (exact) mass is 362 g/mol. The molecular formula is C8H3F13O. The minimum absolute atomic E-state index is 0.535. The molecule has 0 aliphatic rings. The summed E-state index contributed by atoms with van der Waals surface area (Å²) in [5, 5.41) is 0. The maximum Gasteiger partial charge on any atom is 0.459 e. The van der Waals surface area contributed by atoms with Crippen molar-refractivity contribution in [3.63, 3.8) is 0 Å². The summed E-state index contributed by atoms with van der Waals surface area (Å²) in [6, 6.07) is 0. The van der Waals surface area contributed by atoms with Crippen LogP contribution in [0.25, 0.3) is 0 Å². The lowest BCUT2D eigenvalue weighted by Gasteiger charge is -2.37. The first-order valence-electron chi connectivity index (χ1n) is 4.57. The molecule has 0 rings (SSSR count). The molecule has 0 aromatic carbocycles. The second-order valence-electron chi connectivity index (χ2n) is 3.57. The summed E-state index contributed by atoms with van der Waals surface area (Å²) in [5.74, 6) is -29.7. The van der Waals surface area contributed by atoms with Gasteiger partial charge in [-0.2, -0.15) is 52.7 Å². The molecule has 0 spiro atoms. The number of hydrogen-bond acceptors (Lipinski definition) is 1. The number of ether oxygens (including phenoxy) is 1. The lowest BCUT2D eigenvalue weighted by Crippen LogP contribution is -2.64. The fourth-order valence-corrected chi connectivity index (χ4v) is 1.04. The van der Waals surface area contributed by atoms with E-state index in [2.05, 4.69) is 4.74 Å². The normalized spacial score (nSPS) is 18.8. The smallest absolute Gasteiger partial charge is 0.339 e. The first-order valence-corrected chi connectivity index (χ1v) is 4.57. The van der Waals surface area contributed by atoms with Crippen molar-refractivity contribution in [1.29, 1.82) is 0 Å². The van der Waals surface area contributed by atoms with Gasteiger partial charge in [0.2, 0.25) is 11.7 Å². The van der Waals surface area contributed by atoms with E-state index in [0.29, 0.717) is 0 Å². The molecule has 22 heavy (non-hydrogen) atoms. The second kappa shape index (κ2) is 5.45. The van der Waals surface area contributed by atoms with Gasteiger partial charge < -0.3 is 4.74 Å². The molecule has 0 bridgehead atoms. The Hall–Kier alpha value is -1.21. The molecule has 0 saturated heterocycles. The number of allylic oxidation sites excluding steroid dienone is 1. The van der Waals surface area contributed by atoms with E-state index in [-0.39, 0.29) is 0 Å². The zero-order chi connectivity index (χ0) is 18.4. The number of methoxy groups -OCH3 is 1. The highest BCUT2D eigenvalue weighted by molar-refractivity contribution is 5.20. The lowest BCUT2D eigenvalue weighted by molar-refractivity contribution is -0.419. The van der Waals surface area contributed by atoms with E-state index in [4.69, 9.17) is 0 Å². The number of rotatable bonds is 4. The highest BCUT2D eigenvalue weighted by Crippen LogP contribution is 2.56. The van der Waals surface area contributed by atoms with Crippen LogP contribution >= 0.6 is 0 Å². The topological polar surface area (TPSA) is 9.23 Å². The quantitative estimate of drug-likeness (QED) is 0.650. The van der Waals surface area contributed by atoms with Crippen LogP contribution in [0.15, 0.2) is 11.7 Å². The predicted molar refractivity (Wildman–Crippen MR) is 42.1 cm³/mol. The van der Waals surface area contributed by atoms with Crippen LogP contribution in [0.4, 0.5) is 57.1 Å². The van der Waals surface area contributed by atoms with Crippen molar-refractivity contribution in [2.24, 2.45) is 0 Å². The Morgan fingerprint density at radius 1 is 0.682 bits per heavy atom. The van der Waals surface area contributed by atoms with Gasteiger partial charge in [-0.15, -0.1) is 0 Å². The Kier molecular flexibility index (Phi) is 5.15. The summed E-state index contributed by atoms with van der Waals surface area (Å²) in [6.07, 6.45) is -13.6. The third-order valence-corrected chi connectivity index (χ3v) is 2.16. The highest BCUT2D eigenvalue weighted by atomic mass is 19.4. The van der Waals surface area contributed by atoms with Crippen molar-refractivity contribution in [1.82, 2.24) is 0 Å². The van der Waals surface area contributed by atoms with Crippen LogP contribution in [-0.4, -0.2) is 37.2 Å². The minimum Gasteiger partial charge on any atom is -0.339 e. The molecule has 0 fully saturated rings. The van der Waals surface area contributed by atoms with Crippen molar-refractivity contribution in [3.05, 3.63) is 11.7 Å². The van der Waals surface area contributed by atoms with Crippen molar-refractivity contribution < 1.29 is 61.8 Å². The summed E-state index contributed by atoms with van der Waals surface area (Å²) in [4.78, 5) is 0. The molecule has 0 amide bonds. The SMILES string of the molecule is COC(F)(C(F)(F)C(F)=C(F)C(F)(F)F)C(F)(F)C(F)(F)F. The molecule has 14 heteroatoms. The van der Waals surface area contributed by atoms with E-state index >= 15 is 0 Å². The standard InChI is InChI=1S/C8H3F13O/c1-22-7(18,6(16,17)8(19,20)21)4(11,12)2(9)3(10)5(13,14)15/h1H3. The Morgan fingerprint density at radius 3 is 1.27 bits per heavy atom. The highest BCUT2D eigenvalue weighted by Gasteiger charge is 2.83. The van der Waals surface area contributed by atoms with E-state index in [1.165, 1.54) is 0 Å². The molecule has 132 valence electrons. The maximum absolute atomic E-state index is 13.3. The summed E-state index contributed by atoms with van der Waals surface area (Å²) in [6.45, 7) is 0. The molecule has 0 aromatic heterocycles. The molecule has 0 aromatic rings. The molecule has 1 atom stereocenters. The largest absolute Gasteiger partial charge is 0.459 e. The first-order chi connectivity index (χ1) is 9.38. The Balaban J connectivity index is 6.37. The molecule has 0 radical (unpaired) electrons. The summed E-state index contributed by atoms with van der Waals surface area (Å²) >= 11 is 0. The van der Waals surface area contributed by atoms with Gasteiger partial charge in [0, 0.05) is 7.11 Å². The molecule has 1 unspecified atom stereocenters. The Labute approximate surface area is 112 Å². The van der Waals surface area contributed by atoms with Crippen LogP contribution in [0.5, 0.6) is 0 Å². The Bertz CT molecular complexity index is 444. The third kappa shape index (κ3) is 2.96. The van der Waals surface area contributed by atoms with Crippen LogP contribution in [-0.2, 0) is 4.74 Å². The van der Waals surface area contributed by atoms with Gasteiger partial charge in [-0.25, -0.2) is 4.39 Å². The van der Waals surface area contributed by atoms with Gasteiger partial charge in [0.15, 0.2) is 0 Å². The van der Waals surface area contributed by atoms with Crippen molar-refractivity contribution in [2.45, 2.75) is 30.1 Å². The second-order valence-corrected chi connectivity index (χ2v) is 3.57. The van der Waals surface area contributed by atoms with Gasteiger partial charge in [0.05, 0.1) is 0 Å². The van der Waals surface area contributed by atoms with Gasteiger partial charge in [-0.05, 0) is 0 Å². The van der Waals surface area contributed by atoms with Crippen LogP contribution in [0.3, 0.4) is 0 Å². The number of hydrogen-bond donors (Lipinski definition) is 0. The van der Waals surface area contributed by atoms with Crippen LogP contribution in [0.2, 0.25) is 0 Å². The molecule has 0 aliphatic carbocycles. The number of alkyl halides is 11. The summed E-state index contributed by atoms with van der Waals surface area (Å²) in [7, 11) is -0.535. The molecule has 0 heterocycles. The van der Waals surface area contributed by atoms with Crippen molar-refractivity contribution >= 4 is 0 Å². The van der Waals surface area contributed by atoms with E-state index < -0.39 is 48.8 Å². The number of halogens is 13. The van der Waals surface area contributed by atoms with Crippen molar-refractivity contribution in [3.8, 4) is 0 Å². The van der Waals surface area contributed by atoms with Gasteiger partial charge in [0.1, 0.15) is 0 Å². The third-order valence-electron chi connectivity index (χ3n) is 2.16. The van der Waals surface area contributed by atoms with Gasteiger partial charge in [0.25, 0.3) is 0 Å². The van der Waals surface area contributed by atoms with Gasteiger partial charge >= 0.3 is 30.1 Å². The average molecular weight is 362 g/mol. The lowest BCUT2D eigenvalue weighted by atomic mass is 10.00. The summed E-state index contributed by atoms with van der Waals surface area (Å²) in [5.41, 5.74) is 0. The molecule has 1 nitrogen and oxygen atoms in total. The first kappa shape index (κ1) is 20.8. The van der Waals surface area contributed by atoms with E-state index in [1.807, 2.05) is 0 Å². The van der Waals surface area contributed by atoms with E-state index in [1.54, 1.807) is 0 Å². The van der Waals surface area contributed by atoms with Crippen molar-refractivity contribution in [2.75, 3.05) is 7.11 Å². The Morgan fingerprint density at radius 2 is 1.05 bits per heavy atom. The minimum atomic E-state index is -7.18. The van der Waals surface area contributed by atoms with Crippen LogP contribution in [0, 0.1) is 0 Å². The van der Waals surface area contributed by atoms with Gasteiger partial charge in [-0.3, -0.25) is 0 Å². The van der Waals surface area contributed by atoms with Crippen LogP contribution in [0.1, 0.15) is 0 Å². The van der Waals surface area contributed by atoms with E-state index in [0.717, 1.165) is 0 Å². The zero-order valence-electron chi connectivity index (χ0n) is 9.82. The van der Waals surface area contributed by atoms with Gasteiger partial charge in [-0.1, -0.05) is 0 Å². The molecular weight excluding hydrogens is 359 g/mol. The fourth-order valence-electron chi connectivity index (χ4n) is 1.04. The maximum atomic E-state index is 13.3. The molecule has 0 aliphatic heterocycles. The average Bonchev–Trinajstić information content (AvgIpc) is 2.32. The fraction of sp³-hybridized carbons (Fsp3) is 0.750. The summed E-state index contributed by atoms with van der Waals surface area (Å²) < 4.78 is 163. The molecule has 0 saturated carbocycles. The van der Waals surface area contributed by atoms with E-state index in [9.17, 15) is 57.1 Å². The zero-order valence-corrected chi connectivity index (χ0v) is 9.82.